The topological polar surface area (TPSA) is 229 Å². The summed E-state index contributed by atoms with van der Waals surface area (Å²) in [5, 5.41) is 0. The maximum atomic E-state index is 5.72. The Kier molecular flexibility index (Phi) is 49.8. The fourth-order valence-corrected chi connectivity index (χ4v) is 9.55. The van der Waals surface area contributed by atoms with Gasteiger partial charge >= 0.3 is 0 Å². The van der Waals surface area contributed by atoms with Crippen molar-refractivity contribution >= 4 is 0 Å². The lowest BCUT2D eigenvalue weighted by atomic mass is 9.95. The molecule has 3 atom stereocenters. The first-order valence-corrected chi connectivity index (χ1v) is 34.9. The number of hydrogen-bond donors (Lipinski definition) is 0. The highest BCUT2D eigenvalue weighted by molar-refractivity contribution is 5.39. The van der Waals surface area contributed by atoms with E-state index in [-0.39, 0.29) is 12.4 Å². The lowest BCUT2D eigenvalue weighted by Crippen LogP contribution is -2.35. The lowest BCUT2D eigenvalue weighted by molar-refractivity contribution is -0.230. The second-order valence-electron chi connectivity index (χ2n) is 25.8. The highest BCUT2D eigenvalue weighted by atomic mass is 16.7. The number of hydrogen-bond acceptors (Lipinski definition) is 32. The average molecular weight is 1460 g/mol. The summed E-state index contributed by atoms with van der Waals surface area (Å²) >= 11 is 0. The van der Waals surface area contributed by atoms with Gasteiger partial charge in [-0.3, -0.25) is 49.0 Å². The summed E-state index contributed by atoms with van der Waals surface area (Å²) in [7, 11) is 17.7. The third kappa shape index (κ3) is 44.9. The number of rotatable bonds is 4. The van der Waals surface area contributed by atoms with Gasteiger partial charge in [-0.2, -0.15) is 0 Å². The highest BCUT2D eigenvalue weighted by Crippen LogP contribution is 2.28. The Morgan fingerprint density at radius 3 is 0.990 bits per heavy atom. The van der Waals surface area contributed by atoms with Gasteiger partial charge in [0.1, 0.15) is 162 Å². The molecule has 10 fully saturated rings. The van der Waals surface area contributed by atoms with Crippen LogP contribution in [0.2, 0.25) is 0 Å². The molecule has 32 heteroatoms. The van der Waals surface area contributed by atoms with Gasteiger partial charge in [-0.1, -0.05) is 85.6 Å². The zero-order valence-electron chi connectivity index (χ0n) is 63.0. The normalized spacial score (nSPS) is 24.9. The molecule has 1 saturated carbocycles. The summed E-state index contributed by atoms with van der Waals surface area (Å²) in [5.74, 6) is 1.64. The van der Waals surface area contributed by atoms with Crippen LogP contribution in [-0.2, 0) is 103 Å². The molecule has 0 amide bonds. The maximum Gasteiger partial charge on any atom is 0.163 e. The summed E-state index contributed by atoms with van der Waals surface area (Å²) in [6, 6.07) is 28.4. The molecular weight excluding hydrogens is 1330 g/mol. The smallest absolute Gasteiger partial charge is 0.163 e. The van der Waals surface area contributed by atoms with Crippen molar-refractivity contribution in [3.8, 4) is 11.5 Å². The molecule has 10 heterocycles. The molecule has 10 aliphatic heterocycles. The largest absolute Gasteiger partial charge is 0.474 e. The second-order valence-corrected chi connectivity index (χ2v) is 25.8. The van der Waals surface area contributed by atoms with Crippen molar-refractivity contribution in [2.45, 2.75) is 77.2 Å². The van der Waals surface area contributed by atoms with Gasteiger partial charge < -0.3 is 99.5 Å². The summed E-state index contributed by atoms with van der Waals surface area (Å²) in [6.45, 7) is 25.2. The van der Waals surface area contributed by atoms with Gasteiger partial charge in [-0.15, -0.1) is 0 Å². The van der Waals surface area contributed by atoms with Crippen LogP contribution in [0.25, 0.3) is 0 Å². The highest BCUT2D eigenvalue weighted by Gasteiger charge is 2.29. The molecule has 0 bridgehead atoms. The molecule has 3 aromatic carbocycles. The van der Waals surface area contributed by atoms with E-state index in [0.29, 0.717) is 194 Å². The molecule has 14 rings (SSSR count). The van der Waals surface area contributed by atoms with E-state index >= 15 is 0 Å². The van der Waals surface area contributed by atoms with Crippen molar-refractivity contribution in [3.05, 3.63) is 96.1 Å². The molecule has 11 aliphatic rings. The van der Waals surface area contributed by atoms with Crippen molar-refractivity contribution < 1.29 is 99.5 Å². The van der Waals surface area contributed by atoms with Gasteiger partial charge in [0.25, 0.3) is 0 Å². The Balaban J connectivity index is 0.000000205. The van der Waals surface area contributed by atoms with Crippen LogP contribution >= 0.6 is 0 Å². The summed E-state index contributed by atoms with van der Waals surface area (Å²) in [4.78, 5) is 22.0. The van der Waals surface area contributed by atoms with E-state index in [1.807, 2.05) is 165 Å². The van der Waals surface area contributed by atoms with Crippen molar-refractivity contribution in [1.29, 1.82) is 0 Å². The zero-order valence-corrected chi connectivity index (χ0v) is 63.0. The first-order chi connectivity index (χ1) is 49.7. The van der Waals surface area contributed by atoms with Crippen LogP contribution in [0.15, 0.2) is 84.9 Å². The summed E-state index contributed by atoms with van der Waals surface area (Å²) < 4.78 is 110. The van der Waals surface area contributed by atoms with E-state index in [0.717, 1.165) is 51.3 Å². The van der Waals surface area contributed by atoms with Crippen molar-refractivity contribution in [3.63, 3.8) is 0 Å². The number of nitrogens with zero attached hydrogens (tertiary/aromatic N) is 11. The first kappa shape index (κ1) is 88.7. The summed E-state index contributed by atoms with van der Waals surface area (Å²) in [6.07, 6.45) is 5.91. The van der Waals surface area contributed by atoms with Crippen LogP contribution in [0, 0.1) is 0 Å². The Labute approximate surface area is 607 Å². The maximum absolute atomic E-state index is 5.72. The van der Waals surface area contributed by atoms with Gasteiger partial charge in [-0.05, 0) is 113 Å². The standard InChI is InChI=1S/C11H15NO2.C10H13NO2.C9H17NO2.C9H11NO2.C6H14N2O2.C6H13NO2.C5H11NO3.2C5H11NO2.C4H9NO2/c1-2-4-11(5-3-1)8-12-9-13-6-7-14-10-12;1-2-4-10(5-3-1)6-11-7-12-9-13-8-11;2*1-10-6-11-8-4-2-3-5-9(8)12-7-10;1-7-3-9-5-8(2)6-10-4-7;1-6-3-8-4-7(2)5-9-6;1-6-2-7-4-9-5-8-3-6;1-5-7-3-6(2)4-8-5;1-6-4-7-2-3-8-5-6;1-5-2-6-4-7-3-5/h1-5H,6-10H2;1-5H,6-9H2;8-9H,2-7H2,1H3;2-5H,6-7H2,1H3;3-6H2,1-2H3;6H,3-5H2,1-2H3;2-5H2,1H3;5H,3-4H2,1-2H3;2-5H2,1H3;2-4H2,1H3. The molecule has 1 aliphatic carbocycles. The molecule has 3 aromatic rings. The van der Waals surface area contributed by atoms with Gasteiger partial charge in [0, 0.05) is 13.1 Å². The predicted molar refractivity (Wildman–Crippen MR) is 378 cm³/mol. The predicted octanol–water partition coefficient (Wildman–Crippen LogP) is 5.10. The van der Waals surface area contributed by atoms with Gasteiger partial charge in [0.05, 0.1) is 51.3 Å². The monoisotopic (exact) mass is 1460 g/mol. The molecule has 3 unspecified atom stereocenters. The van der Waals surface area contributed by atoms with E-state index < -0.39 is 0 Å². The minimum atomic E-state index is -0.0220. The third-order valence-electron chi connectivity index (χ3n) is 14.8. The van der Waals surface area contributed by atoms with E-state index in [1.165, 1.54) is 36.8 Å². The Morgan fingerprint density at radius 2 is 0.578 bits per heavy atom. The van der Waals surface area contributed by atoms with Crippen LogP contribution in [0.1, 0.15) is 50.7 Å². The minimum absolute atomic E-state index is 0.0220. The molecule has 0 spiro atoms. The molecule has 9 saturated heterocycles. The van der Waals surface area contributed by atoms with Crippen LogP contribution < -0.4 is 9.47 Å². The fourth-order valence-electron chi connectivity index (χ4n) is 9.55. The Bertz CT molecular complexity index is 2300. The minimum Gasteiger partial charge on any atom is -0.474 e. The molecule has 102 heavy (non-hydrogen) atoms. The molecular formula is C70H125N11O21. The van der Waals surface area contributed by atoms with Crippen LogP contribution in [0.4, 0.5) is 0 Å². The quantitative estimate of drug-likeness (QED) is 0.331. The zero-order chi connectivity index (χ0) is 72.9. The number of benzene rings is 3. The lowest BCUT2D eigenvalue weighted by Gasteiger charge is -2.28. The number of fused-ring (bicyclic) bond motifs is 2. The van der Waals surface area contributed by atoms with E-state index in [1.54, 1.807) is 0 Å². The van der Waals surface area contributed by atoms with Crippen molar-refractivity contribution in [2.24, 2.45) is 0 Å². The molecule has 0 N–H and O–H groups in total. The molecule has 586 valence electrons. The van der Waals surface area contributed by atoms with Gasteiger partial charge in [0.2, 0.25) is 0 Å². The van der Waals surface area contributed by atoms with E-state index in [2.05, 4.69) is 51.1 Å². The van der Waals surface area contributed by atoms with E-state index in [9.17, 15) is 0 Å². The second kappa shape index (κ2) is 57.3. The van der Waals surface area contributed by atoms with Crippen LogP contribution in [0.3, 0.4) is 0 Å². The summed E-state index contributed by atoms with van der Waals surface area (Å²) in [5.41, 5.74) is 2.58. The Morgan fingerprint density at radius 1 is 0.284 bits per heavy atom. The molecule has 0 radical (unpaired) electrons. The number of para-hydroxylation sites is 2. The van der Waals surface area contributed by atoms with Gasteiger partial charge in [0.15, 0.2) is 31.4 Å². The third-order valence-corrected chi connectivity index (χ3v) is 14.8. The molecule has 32 nitrogen and oxygen atoms in total. The SMILES string of the molecule is CC1COCN(C)CO1.CC1OCN(C)CO1.CN1COC2CCCCC2OC1.CN1COCCOC1.CN1COCN(C)COC1.CN1COCOC1.CN1COCOCOC1.CN1COc2ccccc2OC1.c1ccc(CN2COCCOC2)cc1.c1ccc(CN2COCOC2)cc1. The van der Waals surface area contributed by atoms with Gasteiger partial charge in [-0.25, -0.2) is 4.90 Å². The molecule has 0 aromatic heterocycles. The number of ether oxygens (including phenoxy) is 21. The fraction of sp³-hybridized carbons (Fsp3) is 0.743. The average Bonchev–Trinajstić information content (AvgIpc) is 1.71. The first-order valence-electron chi connectivity index (χ1n) is 34.9. The Hall–Kier alpha value is -3.94. The van der Waals surface area contributed by atoms with Crippen LogP contribution in [0.5, 0.6) is 11.5 Å². The van der Waals surface area contributed by atoms with Crippen LogP contribution in [-0.4, -0.2) is 350 Å². The van der Waals surface area contributed by atoms with E-state index in [4.69, 9.17) is 99.5 Å². The van der Waals surface area contributed by atoms with Crippen molar-refractivity contribution in [2.75, 3.05) is 272 Å². The van der Waals surface area contributed by atoms with Crippen molar-refractivity contribution in [1.82, 2.24) is 53.9 Å².